The molecule has 14 heavy (non-hydrogen) atoms. The van der Waals surface area contributed by atoms with Crippen LogP contribution in [0, 0.1) is 11.3 Å². The number of nitriles is 1. The van der Waals surface area contributed by atoms with Crippen LogP contribution in [0.25, 0.3) is 0 Å². The Morgan fingerprint density at radius 1 is 1.79 bits per heavy atom. The molecule has 0 aliphatic heterocycles. The van der Waals surface area contributed by atoms with Crippen molar-refractivity contribution in [1.82, 2.24) is 4.98 Å². The average molecular weight is 192 g/mol. The summed E-state index contributed by atoms with van der Waals surface area (Å²) in [4.78, 5) is 14.7. The number of carbonyl (C=O) groups is 1. The summed E-state index contributed by atoms with van der Waals surface area (Å²) in [6.45, 7) is 1.28. The molecule has 0 fully saturated rings. The van der Waals surface area contributed by atoms with Crippen molar-refractivity contribution in [1.29, 1.82) is 5.26 Å². The third kappa shape index (κ3) is 2.28. The number of ether oxygens (including phenoxy) is 1. The second kappa shape index (κ2) is 4.35. The van der Waals surface area contributed by atoms with Gasteiger partial charge in [-0.25, -0.2) is 9.78 Å². The van der Waals surface area contributed by atoms with Gasteiger partial charge in [-0.2, -0.15) is 5.26 Å². The van der Waals surface area contributed by atoms with E-state index in [4.69, 9.17) is 10.4 Å². The minimum Gasteiger partial charge on any atom is -0.404 e. The Hall–Kier alpha value is -1.93. The second-order valence-corrected chi connectivity index (χ2v) is 2.56. The van der Waals surface area contributed by atoms with E-state index in [1.165, 1.54) is 19.2 Å². The molecule has 0 aromatic carbocycles. The Labute approximate surface area is 80.6 Å². The van der Waals surface area contributed by atoms with Crippen molar-refractivity contribution in [2.45, 2.75) is 13.0 Å². The number of hydrogen-bond acceptors (Lipinski definition) is 5. The highest BCUT2D eigenvalue weighted by Gasteiger charge is 2.14. The molecular weight excluding hydrogens is 184 g/mol. The van der Waals surface area contributed by atoms with Gasteiger partial charge in [0.25, 0.3) is 0 Å². The van der Waals surface area contributed by atoms with Gasteiger partial charge in [-0.05, 0) is 19.1 Å². The van der Waals surface area contributed by atoms with E-state index in [9.17, 15) is 4.79 Å². The summed E-state index contributed by atoms with van der Waals surface area (Å²) in [7, 11) is 0. The van der Waals surface area contributed by atoms with Crippen molar-refractivity contribution < 1.29 is 14.6 Å². The fourth-order valence-corrected chi connectivity index (χ4v) is 0.738. The fraction of sp³-hybridized carbons (Fsp3) is 0.222. The normalized spacial score (nSPS) is 11.5. The molecule has 0 saturated carbocycles. The summed E-state index contributed by atoms with van der Waals surface area (Å²) in [5, 5.41) is 17.5. The van der Waals surface area contributed by atoms with Crippen LogP contribution in [-0.2, 0) is 4.79 Å². The van der Waals surface area contributed by atoms with Crippen molar-refractivity contribution in [3.63, 3.8) is 0 Å². The summed E-state index contributed by atoms with van der Waals surface area (Å²) in [5.41, 5.74) is 0.154. The fourth-order valence-electron chi connectivity index (χ4n) is 0.738. The molecule has 72 valence electrons. The molecule has 1 aromatic rings. The molecule has 1 rings (SSSR count). The van der Waals surface area contributed by atoms with Crippen LogP contribution in [0.4, 0.5) is 0 Å². The molecule has 1 heterocycles. The Kier molecular flexibility index (Phi) is 3.15. The molecule has 5 nitrogen and oxygen atoms in total. The lowest BCUT2D eigenvalue weighted by atomic mass is 10.3. The van der Waals surface area contributed by atoms with E-state index >= 15 is 0 Å². The summed E-state index contributed by atoms with van der Waals surface area (Å²) in [5.74, 6) is -0.916. The van der Waals surface area contributed by atoms with Gasteiger partial charge in [0.1, 0.15) is 17.7 Å². The minimum absolute atomic E-state index is 0.0825. The number of aromatic nitrogens is 1. The zero-order valence-corrected chi connectivity index (χ0v) is 7.47. The van der Waals surface area contributed by atoms with Crippen LogP contribution < -0.4 is 4.74 Å². The highest BCUT2D eigenvalue weighted by Crippen LogP contribution is 2.12. The first-order valence-electron chi connectivity index (χ1n) is 3.90. The molecule has 0 bridgehead atoms. The maximum Gasteiger partial charge on any atom is 0.341 e. The summed E-state index contributed by atoms with van der Waals surface area (Å²) in [6.07, 6.45) is 0.162. The number of esters is 1. The van der Waals surface area contributed by atoms with E-state index in [0.29, 0.717) is 0 Å². The Balaban J connectivity index is 2.87. The van der Waals surface area contributed by atoms with Gasteiger partial charge in [-0.15, -0.1) is 0 Å². The maximum absolute atomic E-state index is 11.0. The van der Waals surface area contributed by atoms with Gasteiger partial charge < -0.3 is 9.84 Å². The first-order valence-corrected chi connectivity index (χ1v) is 3.90. The summed E-state index contributed by atoms with van der Waals surface area (Å²) < 4.78 is 4.68. The van der Waals surface area contributed by atoms with E-state index in [-0.39, 0.29) is 11.4 Å². The summed E-state index contributed by atoms with van der Waals surface area (Å²) in [6, 6.07) is 4.84. The van der Waals surface area contributed by atoms with Gasteiger partial charge in [0.05, 0.1) is 0 Å². The van der Waals surface area contributed by atoms with Gasteiger partial charge in [-0.3, -0.25) is 0 Å². The van der Waals surface area contributed by atoms with E-state index in [0.717, 1.165) is 0 Å². The van der Waals surface area contributed by atoms with Crippen LogP contribution in [0.5, 0.6) is 5.88 Å². The molecule has 0 amide bonds. The zero-order valence-electron chi connectivity index (χ0n) is 7.47. The lowest BCUT2D eigenvalue weighted by Crippen LogP contribution is -2.22. The smallest absolute Gasteiger partial charge is 0.341 e. The van der Waals surface area contributed by atoms with E-state index < -0.39 is 12.1 Å². The molecule has 1 unspecified atom stereocenters. The predicted octanol–water partition coefficient (Wildman–Crippen LogP) is 0.239. The highest BCUT2D eigenvalue weighted by molar-refractivity contribution is 5.76. The quantitative estimate of drug-likeness (QED) is 0.678. The third-order valence-electron chi connectivity index (χ3n) is 1.43. The molecule has 0 spiro atoms. The number of nitrogens with zero attached hydrogens (tertiary/aromatic N) is 2. The number of aliphatic hydroxyl groups is 1. The number of carbonyl (C=O) groups excluding carboxylic acids is 1. The predicted molar refractivity (Wildman–Crippen MR) is 46.3 cm³/mol. The Morgan fingerprint density at radius 3 is 3.07 bits per heavy atom. The Morgan fingerprint density at radius 2 is 2.50 bits per heavy atom. The van der Waals surface area contributed by atoms with Crippen LogP contribution in [-0.4, -0.2) is 22.2 Å². The first-order chi connectivity index (χ1) is 6.65. The number of rotatable bonds is 2. The van der Waals surface area contributed by atoms with E-state index in [1.54, 1.807) is 6.07 Å². The van der Waals surface area contributed by atoms with Gasteiger partial charge in [0, 0.05) is 6.20 Å². The highest BCUT2D eigenvalue weighted by atomic mass is 16.6. The SMILES string of the molecule is CC(O)C(=O)Oc1ncccc1C#N. The standard InChI is InChI=1S/C9H8N2O3/c1-6(12)9(13)14-8-7(5-10)3-2-4-11-8/h2-4,6,12H,1H3. The first kappa shape index (κ1) is 10.2. The maximum atomic E-state index is 11.0. The molecule has 0 saturated heterocycles. The molecule has 1 N–H and O–H groups in total. The largest absolute Gasteiger partial charge is 0.404 e. The molecule has 0 aliphatic rings. The van der Waals surface area contributed by atoms with Gasteiger partial charge in [0.2, 0.25) is 5.88 Å². The lowest BCUT2D eigenvalue weighted by molar-refractivity contribution is -0.143. The average Bonchev–Trinajstić information content (AvgIpc) is 2.18. The van der Waals surface area contributed by atoms with E-state index in [1.807, 2.05) is 6.07 Å². The monoisotopic (exact) mass is 192 g/mol. The molecule has 0 radical (unpaired) electrons. The van der Waals surface area contributed by atoms with Gasteiger partial charge >= 0.3 is 5.97 Å². The topological polar surface area (TPSA) is 83.2 Å². The molecule has 0 aliphatic carbocycles. The van der Waals surface area contributed by atoms with Crippen LogP contribution >= 0.6 is 0 Å². The van der Waals surface area contributed by atoms with Crippen LogP contribution in [0.2, 0.25) is 0 Å². The Bertz CT molecular complexity index is 382. The number of hydrogen-bond donors (Lipinski definition) is 1. The van der Waals surface area contributed by atoms with Gasteiger partial charge in [-0.1, -0.05) is 0 Å². The van der Waals surface area contributed by atoms with Crippen molar-refractivity contribution in [3.8, 4) is 11.9 Å². The van der Waals surface area contributed by atoms with Crippen LogP contribution in [0.15, 0.2) is 18.3 Å². The lowest BCUT2D eigenvalue weighted by Gasteiger charge is -2.05. The molecular formula is C9H8N2O3. The molecule has 1 aromatic heterocycles. The zero-order chi connectivity index (χ0) is 10.6. The van der Waals surface area contributed by atoms with Crippen molar-refractivity contribution in [2.24, 2.45) is 0 Å². The van der Waals surface area contributed by atoms with Crippen molar-refractivity contribution >= 4 is 5.97 Å². The number of pyridine rings is 1. The molecule has 5 heteroatoms. The van der Waals surface area contributed by atoms with Gasteiger partial charge in [0.15, 0.2) is 0 Å². The van der Waals surface area contributed by atoms with Crippen LogP contribution in [0.3, 0.4) is 0 Å². The minimum atomic E-state index is -1.23. The van der Waals surface area contributed by atoms with Crippen molar-refractivity contribution in [3.05, 3.63) is 23.9 Å². The third-order valence-corrected chi connectivity index (χ3v) is 1.43. The molecule has 1 atom stereocenters. The summed E-state index contributed by atoms with van der Waals surface area (Å²) >= 11 is 0. The second-order valence-electron chi connectivity index (χ2n) is 2.56. The van der Waals surface area contributed by atoms with E-state index in [2.05, 4.69) is 9.72 Å². The van der Waals surface area contributed by atoms with Crippen LogP contribution in [0.1, 0.15) is 12.5 Å². The van der Waals surface area contributed by atoms with Crippen molar-refractivity contribution in [2.75, 3.05) is 0 Å². The number of aliphatic hydroxyl groups excluding tert-OH is 1.